The van der Waals surface area contributed by atoms with Gasteiger partial charge in [0.2, 0.25) is 0 Å². The van der Waals surface area contributed by atoms with Crippen LogP contribution in [0, 0.1) is 11.8 Å². The monoisotopic (exact) mass is 492 g/mol. The molecule has 0 saturated carbocycles. The second-order valence-electron chi connectivity index (χ2n) is 9.74. The molecule has 3 atom stereocenters. The Hall–Kier alpha value is -3.10. The number of fused-ring (bicyclic) bond motifs is 1. The van der Waals surface area contributed by atoms with Gasteiger partial charge in [-0.2, -0.15) is 0 Å². The standard InChI is InChI=1S/C28H36N4O4/c1-36-23-6-7-26-25(17-23)24(9-11-31-26)27(33)8-5-20-10-15-32(19-21(20)16-28(34)35)14-3-2-4-22-18-29-12-13-30-22/h6-7,9,11-13,17-18,20-21,27,33H,2-5,8,10,14-16,19H2,1H3,(H,34,35)/t20-,21+,27?/m1/s1. The summed E-state index contributed by atoms with van der Waals surface area (Å²) in [5, 5.41) is 21.5. The number of pyridine rings is 1. The number of methoxy groups -OCH3 is 1. The van der Waals surface area contributed by atoms with Crippen molar-refractivity contribution < 1.29 is 19.7 Å². The van der Waals surface area contributed by atoms with E-state index in [0.29, 0.717) is 6.42 Å². The summed E-state index contributed by atoms with van der Waals surface area (Å²) in [6, 6.07) is 7.55. The number of likely N-dealkylation sites (tertiary alicyclic amines) is 1. The lowest BCUT2D eigenvalue weighted by atomic mass is 9.79. The molecule has 2 N–H and O–H groups in total. The van der Waals surface area contributed by atoms with Crippen molar-refractivity contribution in [3.05, 3.63) is 60.3 Å². The van der Waals surface area contributed by atoms with Crippen LogP contribution in [0.25, 0.3) is 10.9 Å². The Bertz CT molecular complexity index is 1130. The number of aliphatic carboxylic acids is 1. The normalized spacial score (nSPS) is 19.3. The Labute approximate surface area is 212 Å². The van der Waals surface area contributed by atoms with E-state index in [-0.39, 0.29) is 18.3 Å². The van der Waals surface area contributed by atoms with Crippen LogP contribution in [0.5, 0.6) is 5.75 Å². The number of rotatable bonds is 12. The van der Waals surface area contributed by atoms with E-state index in [0.717, 1.165) is 79.6 Å². The van der Waals surface area contributed by atoms with Crippen molar-refractivity contribution in [3.63, 3.8) is 0 Å². The summed E-state index contributed by atoms with van der Waals surface area (Å²) >= 11 is 0. The average molecular weight is 493 g/mol. The van der Waals surface area contributed by atoms with Gasteiger partial charge < -0.3 is 19.8 Å². The van der Waals surface area contributed by atoms with E-state index in [2.05, 4.69) is 19.9 Å². The van der Waals surface area contributed by atoms with Crippen LogP contribution in [0.1, 0.15) is 55.9 Å². The van der Waals surface area contributed by atoms with Crippen molar-refractivity contribution in [1.82, 2.24) is 19.9 Å². The molecule has 1 aliphatic rings. The largest absolute Gasteiger partial charge is 0.497 e. The quantitative estimate of drug-likeness (QED) is 0.361. The number of carbonyl (C=O) groups is 1. The van der Waals surface area contributed by atoms with E-state index in [1.165, 1.54) is 0 Å². The molecular formula is C28H36N4O4. The molecule has 4 rings (SSSR count). The number of hydrogen-bond acceptors (Lipinski definition) is 7. The number of carboxylic acid groups (broad SMARTS) is 1. The van der Waals surface area contributed by atoms with Crippen LogP contribution in [-0.4, -0.2) is 62.8 Å². The van der Waals surface area contributed by atoms with Gasteiger partial charge in [-0.1, -0.05) is 0 Å². The second-order valence-corrected chi connectivity index (χ2v) is 9.74. The zero-order valence-electron chi connectivity index (χ0n) is 20.9. The van der Waals surface area contributed by atoms with E-state index < -0.39 is 12.1 Å². The first-order valence-corrected chi connectivity index (χ1v) is 12.8. The van der Waals surface area contributed by atoms with Gasteiger partial charge in [0.1, 0.15) is 5.75 Å². The van der Waals surface area contributed by atoms with Gasteiger partial charge in [0.25, 0.3) is 0 Å². The highest BCUT2D eigenvalue weighted by Gasteiger charge is 2.31. The highest BCUT2D eigenvalue weighted by atomic mass is 16.5. The molecule has 0 aliphatic carbocycles. The van der Waals surface area contributed by atoms with Crippen molar-refractivity contribution in [1.29, 1.82) is 0 Å². The van der Waals surface area contributed by atoms with Gasteiger partial charge in [-0.05, 0) is 93.3 Å². The van der Waals surface area contributed by atoms with Crippen LogP contribution in [0.3, 0.4) is 0 Å². The van der Waals surface area contributed by atoms with Crippen LogP contribution in [-0.2, 0) is 11.2 Å². The Morgan fingerprint density at radius 3 is 2.83 bits per heavy atom. The number of aliphatic hydroxyl groups is 1. The number of unbranched alkanes of at least 4 members (excludes halogenated alkanes) is 1. The Balaban J connectivity index is 1.31. The lowest BCUT2D eigenvalue weighted by Gasteiger charge is -2.38. The first-order valence-electron chi connectivity index (χ1n) is 12.8. The number of aliphatic hydroxyl groups excluding tert-OH is 1. The molecule has 3 heterocycles. The lowest BCUT2D eigenvalue weighted by molar-refractivity contribution is -0.139. The summed E-state index contributed by atoms with van der Waals surface area (Å²) < 4.78 is 5.36. The first-order chi connectivity index (χ1) is 17.5. The minimum absolute atomic E-state index is 0.0951. The van der Waals surface area contributed by atoms with Gasteiger partial charge in [-0.3, -0.25) is 19.7 Å². The van der Waals surface area contributed by atoms with Crippen LogP contribution in [0.2, 0.25) is 0 Å². The smallest absolute Gasteiger partial charge is 0.303 e. The number of piperidine rings is 1. The molecule has 1 aromatic carbocycles. The zero-order valence-corrected chi connectivity index (χ0v) is 20.9. The lowest BCUT2D eigenvalue weighted by Crippen LogP contribution is -2.41. The summed E-state index contributed by atoms with van der Waals surface area (Å²) in [6.45, 7) is 2.74. The zero-order chi connectivity index (χ0) is 25.3. The maximum absolute atomic E-state index is 11.6. The van der Waals surface area contributed by atoms with Gasteiger partial charge in [0.05, 0.1) is 24.4 Å². The second kappa shape index (κ2) is 12.7. The van der Waals surface area contributed by atoms with Crippen molar-refractivity contribution in [3.8, 4) is 5.75 Å². The molecular weight excluding hydrogens is 456 g/mol. The molecule has 8 nitrogen and oxygen atoms in total. The van der Waals surface area contributed by atoms with Gasteiger partial charge >= 0.3 is 5.97 Å². The average Bonchev–Trinajstić information content (AvgIpc) is 2.90. The van der Waals surface area contributed by atoms with Crippen LogP contribution < -0.4 is 4.74 Å². The molecule has 192 valence electrons. The van der Waals surface area contributed by atoms with Crippen LogP contribution >= 0.6 is 0 Å². The molecule has 0 spiro atoms. The molecule has 0 amide bonds. The van der Waals surface area contributed by atoms with E-state index in [1.807, 2.05) is 30.5 Å². The fraction of sp³-hybridized carbons (Fsp3) is 0.500. The summed E-state index contributed by atoms with van der Waals surface area (Å²) in [5.74, 6) is 0.365. The Kier molecular flexibility index (Phi) is 9.19. The number of hydrogen-bond donors (Lipinski definition) is 2. The van der Waals surface area contributed by atoms with Gasteiger partial charge in [0, 0.05) is 43.1 Å². The van der Waals surface area contributed by atoms with Gasteiger partial charge in [-0.15, -0.1) is 0 Å². The van der Waals surface area contributed by atoms with E-state index in [4.69, 9.17) is 4.74 Å². The van der Waals surface area contributed by atoms with Gasteiger partial charge in [-0.25, -0.2) is 0 Å². The molecule has 1 fully saturated rings. The van der Waals surface area contributed by atoms with Crippen molar-refractivity contribution >= 4 is 16.9 Å². The van der Waals surface area contributed by atoms with E-state index >= 15 is 0 Å². The molecule has 36 heavy (non-hydrogen) atoms. The number of ether oxygens (including phenoxy) is 1. The Morgan fingerprint density at radius 1 is 1.17 bits per heavy atom. The van der Waals surface area contributed by atoms with Crippen molar-refractivity contribution in [2.45, 2.75) is 51.0 Å². The Morgan fingerprint density at radius 2 is 2.06 bits per heavy atom. The van der Waals surface area contributed by atoms with E-state index in [9.17, 15) is 15.0 Å². The summed E-state index contributed by atoms with van der Waals surface area (Å²) in [5.41, 5.74) is 2.68. The maximum atomic E-state index is 11.6. The van der Waals surface area contributed by atoms with Crippen molar-refractivity contribution in [2.24, 2.45) is 11.8 Å². The van der Waals surface area contributed by atoms with Crippen molar-refractivity contribution in [2.75, 3.05) is 26.7 Å². The number of nitrogens with zero attached hydrogens (tertiary/aromatic N) is 4. The SMILES string of the molecule is COc1ccc2nccc(C(O)CC[C@@H]3CCN(CCCCc4cnccn4)C[C@@H]3CC(=O)O)c2c1. The summed E-state index contributed by atoms with van der Waals surface area (Å²) in [7, 11) is 1.63. The number of aromatic nitrogens is 3. The van der Waals surface area contributed by atoms with E-state index in [1.54, 1.807) is 25.7 Å². The molecule has 1 saturated heterocycles. The number of benzene rings is 1. The first kappa shape index (κ1) is 26.0. The predicted molar refractivity (Wildman–Crippen MR) is 138 cm³/mol. The van der Waals surface area contributed by atoms with Crippen LogP contribution in [0.4, 0.5) is 0 Å². The summed E-state index contributed by atoms with van der Waals surface area (Å²) in [4.78, 5) is 26.9. The predicted octanol–water partition coefficient (Wildman–Crippen LogP) is 4.28. The molecule has 1 unspecified atom stereocenters. The third-order valence-electron chi connectivity index (χ3n) is 7.34. The molecule has 0 radical (unpaired) electrons. The topological polar surface area (TPSA) is 109 Å². The number of carboxylic acids is 1. The third kappa shape index (κ3) is 6.98. The van der Waals surface area contributed by atoms with Crippen LogP contribution in [0.15, 0.2) is 49.1 Å². The third-order valence-corrected chi connectivity index (χ3v) is 7.34. The fourth-order valence-corrected chi connectivity index (χ4v) is 5.39. The molecule has 2 aromatic heterocycles. The minimum atomic E-state index is -0.748. The molecule has 0 bridgehead atoms. The highest BCUT2D eigenvalue weighted by Crippen LogP contribution is 2.34. The van der Waals surface area contributed by atoms with Gasteiger partial charge in [0.15, 0.2) is 0 Å². The maximum Gasteiger partial charge on any atom is 0.303 e. The molecule has 3 aromatic rings. The minimum Gasteiger partial charge on any atom is -0.497 e. The molecule has 1 aliphatic heterocycles. The highest BCUT2D eigenvalue weighted by molar-refractivity contribution is 5.83. The fourth-order valence-electron chi connectivity index (χ4n) is 5.39. The summed E-state index contributed by atoms with van der Waals surface area (Å²) in [6.07, 6.45) is 11.8. The molecule has 8 heteroatoms. The number of aryl methyl sites for hydroxylation is 1.